The van der Waals surface area contributed by atoms with Crippen LogP contribution in [-0.4, -0.2) is 25.7 Å². The number of fused-ring (bicyclic) bond motifs is 1. The van der Waals surface area contributed by atoms with Gasteiger partial charge in [0.1, 0.15) is 11.9 Å². The van der Waals surface area contributed by atoms with Crippen LogP contribution >= 0.6 is 11.6 Å². The first kappa shape index (κ1) is 15.2. The fourth-order valence-electron chi connectivity index (χ4n) is 3.25. The molecule has 22 heavy (non-hydrogen) atoms. The lowest BCUT2D eigenvalue weighted by molar-refractivity contribution is -0.145. The molecule has 0 radical (unpaired) electrons. The number of halogens is 1. The van der Waals surface area contributed by atoms with Crippen LogP contribution in [0.3, 0.4) is 0 Å². The zero-order valence-electron chi connectivity index (χ0n) is 13.0. The average Bonchev–Trinajstić information content (AvgIpc) is 2.71. The molecule has 0 spiro atoms. The molecule has 0 aromatic heterocycles. The Balaban J connectivity index is 1.89. The van der Waals surface area contributed by atoms with E-state index in [-0.39, 0.29) is 12.0 Å². The van der Waals surface area contributed by atoms with Crippen molar-refractivity contribution in [2.45, 2.75) is 38.6 Å². The van der Waals surface area contributed by atoms with Crippen molar-refractivity contribution < 1.29 is 9.53 Å². The number of allylic oxidation sites excluding steroid dienone is 1. The van der Waals surface area contributed by atoms with E-state index in [0.29, 0.717) is 6.61 Å². The molecule has 1 atom stereocenters. The minimum absolute atomic E-state index is 0.165. The highest BCUT2D eigenvalue weighted by atomic mass is 35.5. The Kier molecular flexibility index (Phi) is 4.30. The maximum Gasteiger partial charge on any atom is 0.328 e. The lowest BCUT2D eigenvalue weighted by atomic mass is 9.95. The monoisotopic (exact) mass is 320 g/mol. The van der Waals surface area contributed by atoms with Crippen molar-refractivity contribution in [1.82, 2.24) is 5.32 Å². The summed E-state index contributed by atoms with van der Waals surface area (Å²) >= 11 is 6.13. The van der Waals surface area contributed by atoms with Gasteiger partial charge in [0.05, 0.1) is 6.61 Å². The standard InChI is InChI=1S/C17H21ClN2O2/c1-3-22-17(21)14-6-4-5-12-9-11-7-8-13(18)10-15(11)20(2)16(12)19-14/h7-8,10,14,19H,3-6,9H2,1-2H3. The van der Waals surface area contributed by atoms with E-state index in [1.54, 1.807) is 0 Å². The summed E-state index contributed by atoms with van der Waals surface area (Å²) in [6, 6.07) is 5.74. The van der Waals surface area contributed by atoms with Gasteiger partial charge in [-0.2, -0.15) is 0 Å². The zero-order chi connectivity index (χ0) is 15.7. The Morgan fingerprint density at radius 3 is 3.09 bits per heavy atom. The predicted molar refractivity (Wildman–Crippen MR) is 88.0 cm³/mol. The van der Waals surface area contributed by atoms with Crippen molar-refractivity contribution in [3.05, 3.63) is 40.2 Å². The molecule has 0 aliphatic carbocycles. The highest BCUT2D eigenvalue weighted by Gasteiger charge is 2.30. The topological polar surface area (TPSA) is 41.6 Å². The van der Waals surface area contributed by atoms with Crippen molar-refractivity contribution in [1.29, 1.82) is 0 Å². The Morgan fingerprint density at radius 1 is 1.50 bits per heavy atom. The first-order valence-electron chi connectivity index (χ1n) is 7.77. The Hall–Kier alpha value is -1.68. The van der Waals surface area contributed by atoms with Crippen LogP contribution < -0.4 is 10.2 Å². The maximum atomic E-state index is 12.1. The fraction of sp³-hybridized carbons (Fsp3) is 0.471. The van der Waals surface area contributed by atoms with Crippen molar-refractivity contribution >= 4 is 23.3 Å². The summed E-state index contributed by atoms with van der Waals surface area (Å²) in [5.74, 6) is 0.867. The minimum atomic E-state index is -0.268. The number of ether oxygens (including phenoxy) is 1. The lowest BCUT2D eigenvalue weighted by Crippen LogP contribution is -2.42. The van der Waals surface area contributed by atoms with E-state index < -0.39 is 0 Å². The molecule has 5 heteroatoms. The van der Waals surface area contributed by atoms with Crippen LogP contribution in [0.15, 0.2) is 29.6 Å². The number of nitrogens with one attached hydrogen (secondary N) is 1. The fourth-order valence-corrected chi connectivity index (χ4v) is 3.42. The molecule has 0 bridgehead atoms. The molecule has 1 unspecified atom stereocenters. The van der Waals surface area contributed by atoms with Crippen molar-refractivity contribution in [2.24, 2.45) is 0 Å². The summed E-state index contributed by atoms with van der Waals surface area (Å²) in [7, 11) is 2.02. The number of hydrogen-bond donors (Lipinski definition) is 1. The largest absolute Gasteiger partial charge is 0.464 e. The predicted octanol–water partition coefficient (Wildman–Crippen LogP) is 3.25. The molecule has 1 aromatic carbocycles. The highest BCUT2D eigenvalue weighted by molar-refractivity contribution is 6.30. The number of carbonyl (C=O) groups excluding carboxylic acids is 1. The van der Waals surface area contributed by atoms with Gasteiger partial charge in [0.15, 0.2) is 0 Å². The van der Waals surface area contributed by atoms with Gasteiger partial charge < -0.3 is 15.0 Å². The van der Waals surface area contributed by atoms with Gasteiger partial charge in [-0.3, -0.25) is 0 Å². The summed E-state index contributed by atoms with van der Waals surface area (Å²) in [5.41, 5.74) is 3.73. The number of hydrogen-bond acceptors (Lipinski definition) is 4. The summed E-state index contributed by atoms with van der Waals surface area (Å²) in [6.45, 7) is 2.25. The third kappa shape index (κ3) is 2.80. The van der Waals surface area contributed by atoms with Gasteiger partial charge in [-0.15, -0.1) is 0 Å². The second-order valence-electron chi connectivity index (χ2n) is 5.80. The van der Waals surface area contributed by atoms with Crippen LogP contribution in [0.1, 0.15) is 31.7 Å². The van der Waals surface area contributed by atoms with Crippen LogP contribution in [0.2, 0.25) is 5.02 Å². The Bertz CT molecular complexity index is 627. The molecule has 0 fully saturated rings. The van der Waals surface area contributed by atoms with Crippen molar-refractivity contribution in [2.75, 3.05) is 18.6 Å². The molecule has 0 saturated heterocycles. The number of rotatable bonds is 2. The lowest BCUT2D eigenvalue weighted by Gasteiger charge is -2.33. The van der Waals surface area contributed by atoms with Crippen LogP contribution in [-0.2, 0) is 16.0 Å². The SMILES string of the molecule is CCOC(=O)C1CCCC2=C(N1)N(C)c1cc(Cl)ccc1C2. The van der Waals surface area contributed by atoms with Gasteiger partial charge in [0.2, 0.25) is 0 Å². The van der Waals surface area contributed by atoms with Crippen molar-refractivity contribution in [3.8, 4) is 0 Å². The number of carbonyl (C=O) groups is 1. The first-order chi connectivity index (χ1) is 10.6. The van der Waals surface area contributed by atoms with Crippen LogP contribution in [0.25, 0.3) is 0 Å². The number of anilines is 1. The van der Waals surface area contributed by atoms with Gasteiger partial charge in [-0.25, -0.2) is 4.79 Å². The van der Waals surface area contributed by atoms with Gasteiger partial charge in [-0.05, 0) is 55.9 Å². The van der Waals surface area contributed by atoms with Crippen LogP contribution in [0, 0.1) is 0 Å². The minimum Gasteiger partial charge on any atom is -0.464 e. The smallest absolute Gasteiger partial charge is 0.328 e. The molecule has 2 heterocycles. The molecule has 1 aromatic rings. The Morgan fingerprint density at radius 2 is 2.32 bits per heavy atom. The Labute approximate surface area is 136 Å². The maximum absolute atomic E-state index is 12.1. The molecule has 0 amide bonds. The second-order valence-corrected chi connectivity index (χ2v) is 6.24. The second kappa shape index (κ2) is 6.21. The third-order valence-electron chi connectivity index (χ3n) is 4.34. The summed E-state index contributed by atoms with van der Waals surface area (Å²) < 4.78 is 5.18. The van der Waals surface area contributed by atoms with Gasteiger partial charge in [0, 0.05) is 17.8 Å². The molecule has 4 nitrogen and oxygen atoms in total. The molecule has 3 rings (SSSR count). The van der Waals surface area contributed by atoms with E-state index in [2.05, 4.69) is 16.3 Å². The van der Waals surface area contributed by atoms with Gasteiger partial charge in [-0.1, -0.05) is 17.7 Å². The number of benzene rings is 1. The van der Waals surface area contributed by atoms with E-state index in [1.165, 1.54) is 11.1 Å². The van der Waals surface area contributed by atoms with Crippen LogP contribution in [0.5, 0.6) is 0 Å². The molecule has 2 aliphatic rings. The van der Waals surface area contributed by atoms with E-state index in [4.69, 9.17) is 16.3 Å². The molecular formula is C17H21ClN2O2. The molecule has 118 valence electrons. The summed E-state index contributed by atoms with van der Waals surface area (Å²) in [6.07, 6.45) is 3.71. The molecule has 0 saturated carbocycles. The van der Waals surface area contributed by atoms with E-state index >= 15 is 0 Å². The number of esters is 1. The molecule has 1 N–H and O–H groups in total. The highest BCUT2D eigenvalue weighted by Crippen LogP contribution is 2.36. The number of nitrogens with zero attached hydrogens (tertiary/aromatic N) is 1. The van der Waals surface area contributed by atoms with E-state index in [9.17, 15) is 4.79 Å². The quantitative estimate of drug-likeness (QED) is 0.849. The van der Waals surface area contributed by atoms with Crippen molar-refractivity contribution in [3.63, 3.8) is 0 Å². The van der Waals surface area contributed by atoms with E-state index in [1.807, 2.05) is 26.1 Å². The molecular weight excluding hydrogens is 300 g/mol. The first-order valence-corrected chi connectivity index (χ1v) is 8.15. The van der Waals surface area contributed by atoms with Gasteiger partial charge in [0.25, 0.3) is 0 Å². The van der Waals surface area contributed by atoms with E-state index in [0.717, 1.165) is 42.2 Å². The van der Waals surface area contributed by atoms with Gasteiger partial charge >= 0.3 is 5.97 Å². The summed E-state index contributed by atoms with van der Waals surface area (Å²) in [5, 5.41) is 4.13. The molecule has 2 aliphatic heterocycles. The third-order valence-corrected chi connectivity index (χ3v) is 4.57. The average molecular weight is 321 g/mol. The zero-order valence-corrected chi connectivity index (χ0v) is 13.7. The van der Waals surface area contributed by atoms with Crippen LogP contribution in [0.4, 0.5) is 5.69 Å². The normalized spacial score (nSPS) is 20.7. The summed E-state index contributed by atoms with van der Waals surface area (Å²) in [4.78, 5) is 14.2.